The molecule has 0 unspecified atom stereocenters. The lowest BCUT2D eigenvalue weighted by atomic mass is 10.1. The van der Waals surface area contributed by atoms with Crippen molar-refractivity contribution in [3.8, 4) is 11.5 Å². The molecule has 7 nitrogen and oxygen atoms in total. The predicted octanol–water partition coefficient (Wildman–Crippen LogP) is 4.09. The molecule has 0 atom stereocenters. The average Bonchev–Trinajstić information content (AvgIpc) is 2.79. The molecule has 3 aromatic carbocycles. The summed E-state index contributed by atoms with van der Waals surface area (Å²) in [5.74, 6) is 0.825. The van der Waals surface area contributed by atoms with Gasteiger partial charge in [-0.15, -0.1) is 0 Å². The lowest BCUT2D eigenvalue weighted by molar-refractivity contribution is 0.102. The van der Waals surface area contributed by atoms with Gasteiger partial charge in [0.1, 0.15) is 11.5 Å². The Kier molecular flexibility index (Phi) is 6.50. The number of benzene rings is 3. The summed E-state index contributed by atoms with van der Waals surface area (Å²) in [6, 6.07) is 18.1. The molecule has 0 aromatic heterocycles. The lowest BCUT2D eigenvalue weighted by Crippen LogP contribution is -2.27. The van der Waals surface area contributed by atoms with Gasteiger partial charge in [0.05, 0.1) is 24.8 Å². The number of hydrogen-bond donors (Lipinski definition) is 1. The molecule has 1 N–H and O–H groups in total. The van der Waals surface area contributed by atoms with E-state index in [1.54, 1.807) is 68.6 Å². The number of aryl methyl sites for hydroxylation is 1. The Morgan fingerprint density at radius 3 is 2.23 bits per heavy atom. The van der Waals surface area contributed by atoms with E-state index >= 15 is 0 Å². The highest BCUT2D eigenvalue weighted by Crippen LogP contribution is 2.28. The highest BCUT2D eigenvalue weighted by Gasteiger charge is 2.23. The lowest BCUT2D eigenvalue weighted by Gasteiger charge is -2.22. The zero-order valence-corrected chi connectivity index (χ0v) is 18.6. The molecule has 0 heterocycles. The molecule has 0 radical (unpaired) electrons. The zero-order valence-electron chi connectivity index (χ0n) is 17.7. The van der Waals surface area contributed by atoms with Crippen LogP contribution in [-0.4, -0.2) is 35.6 Å². The van der Waals surface area contributed by atoms with Crippen LogP contribution in [0.15, 0.2) is 71.6 Å². The summed E-state index contributed by atoms with van der Waals surface area (Å²) < 4.78 is 37.6. The number of anilines is 2. The molecule has 3 aromatic rings. The zero-order chi connectivity index (χ0) is 22.6. The minimum Gasteiger partial charge on any atom is -0.497 e. The molecule has 0 spiro atoms. The third kappa shape index (κ3) is 4.80. The van der Waals surface area contributed by atoms with E-state index in [0.29, 0.717) is 28.4 Å². The van der Waals surface area contributed by atoms with Crippen LogP contribution in [-0.2, 0) is 10.0 Å². The van der Waals surface area contributed by atoms with Crippen LogP contribution in [0.4, 0.5) is 11.4 Å². The SMILES string of the molecule is COc1ccc(S(=O)(=O)N(C)c2cc(C(=O)Nc3cccc(OC)c3)ccc2C)cc1. The standard InChI is InChI=1S/C23H24N2O5S/c1-16-8-9-17(23(26)24-18-6-5-7-20(15-18)30-4)14-22(16)25(2)31(27,28)21-12-10-19(29-3)11-13-21/h5-15H,1-4H3,(H,24,26). The Balaban J connectivity index is 1.89. The topological polar surface area (TPSA) is 84.9 Å². The maximum Gasteiger partial charge on any atom is 0.264 e. The Hall–Kier alpha value is -3.52. The number of nitrogens with zero attached hydrogens (tertiary/aromatic N) is 1. The number of ether oxygens (including phenoxy) is 2. The smallest absolute Gasteiger partial charge is 0.264 e. The van der Waals surface area contributed by atoms with Crippen molar-refractivity contribution in [2.24, 2.45) is 0 Å². The fourth-order valence-corrected chi connectivity index (χ4v) is 4.28. The second-order valence-electron chi connectivity index (χ2n) is 6.84. The fraction of sp³-hybridized carbons (Fsp3) is 0.174. The van der Waals surface area contributed by atoms with Crippen molar-refractivity contribution in [2.75, 3.05) is 30.9 Å². The Morgan fingerprint density at radius 1 is 0.903 bits per heavy atom. The average molecular weight is 441 g/mol. The number of carbonyl (C=O) groups is 1. The predicted molar refractivity (Wildman–Crippen MR) is 121 cm³/mol. The van der Waals surface area contributed by atoms with Crippen LogP contribution in [0.2, 0.25) is 0 Å². The Bertz CT molecular complexity index is 1190. The molecule has 0 aliphatic heterocycles. The van der Waals surface area contributed by atoms with E-state index in [9.17, 15) is 13.2 Å². The first-order valence-corrected chi connectivity index (χ1v) is 10.9. The summed E-state index contributed by atoms with van der Waals surface area (Å²) in [6.07, 6.45) is 0. The summed E-state index contributed by atoms with van der Waals surface area (Å²) in [5, 5.41) is 2.80. The quantitative estimate of drug-likeness (QED) is 0.598. The monoisotopic (exact) mass is 440 g/mol. The molecule has 3 rings (SSSR count). The third-order valence-electron chi connectivity index (χ3n) is 4.86. The number of amides is 1. The van der Waals surface area contributed by atoms with E-state index in [1.807, 2.05) is 0 Å². The summed E-state index contributed by atoms with van der Waals surface area (Å²) in [7, 11) is 0.706. The molecular formula is C23H24N2O5S. The third-order valence-corrected chi connectivity index (χ3v) is 6.64. The summed E-state index contributed by atoms with van der Waals surface area (Å²) in [6.45, 7) is 1.79. The molecule has 162 valence electrons. The summed E-state index contributed by atoms with van der Waals surface area (Å²) in [4.78, 5) is 12.9. The van der Waals surface area contributed by atoms with Crippen LogP contribution >= 0.6 is 0 Å². The molecule has 1 amide bonds. The van der Waals surface area contributed by atoms with E-state index in [2.05, 4.69) is 5.32 Å². The van der Waals surface area contributed by atoms with Crippen LogP contribution in [0.25, 0.3) is 0 Å². The van der Waals surface area contributed by atoms with Crippen molar-refractivity contribution >= 4 is 27.3 Å². The van der Waals surface area contributed by atoms with E-state index in [1.165, 1.54) is 30.6 Å². The van der Waals surface area contributed by atoms with Gasteiger partial charge in [-0.2, -0.15) is 0 Å². The van der Waals surface area contributed by atoms with Gasteiger partial charge in [-0.05, 0) is 61.0 Å². The van der Waals surface area contributed by atoms with Gasteiger partial charge in [0.2, 0.25) is 0 Å². The molecular weight excluding hydrogens is 416 g/mol. The first kappa shape index (κ1) is 22.2. The number of rotatable bonds is 7. The second kappa shape index (κ2) is 9.09. The van der Waals surface area contributed by atoms with Gasteiger partial charge >= 0.3 is 0 Å². The van der Waals surface area contributed by atoms with Crippen molar-refractivity contribution in [2.45, 2.75) is 11.8 Å². The molecule has 0 saturated heterocycles. The minimum absolute atomic E-state index is 0.126. The van der Waals surface area contributed by atoms with E-state index in [4.69, 9.17) is 9.47 Å². The number of hydrogen-bond acceptors (Lipinski definition) is 5. The number of methoxy groups -OCH3 is 2. The van der Waals surface area contributed by atoms with Gasteiger partial charge in [-0.1, -0.05) is 12.1 Å². The maximum absolute atomic E-state index is 13.1. The van der Waals surface area contributed by atoms with Crippen LogP contribution in [0.1, 0.15) is 15.9 Å². The highest BCUT2D eigenvalue weighted by atomic mass is 32.2. The van der Waals surface area contributed by atoms with Gasteiger partial charge in [0.15, 0.2) is 0 Å². The molecule has 0 aliphatic rings. The highest BCUT2D eigenvalue weighted by molar-refractivity contribution is 7.92. The number of carbonyl (C=O) groups excluding carboxylic acids is 1. The molecule has 0 aliphatic carbocycles. The van der Waals surface area contributed by atoms with E-state index in [-0.39, 0.29) is 10.8 Å². The number of sulfonamides is 1. The Morgan fingerprint density at radius 2 is 1.58 bits per heavy atom. The van der Waals surface area contributed by atoms with Gasteiger partial charge in [-0.3, -0.25) is 9.10 Å². The number of nitrogens with one attached hydrogen (secondary N) is 1. The van der Waals surface area contributed by atoms with E-state index < -0.39 is 10.0 Å². The van der Waals surface area contributed by atoms with Crippen LogP contribution in [0.5, 0.6) is 11.5 Å². The molecule has 0 saturated carbocycles. The molecule has 0 fully saturated rings. The van der Waals surface area contributed by atoms with Crippen molar-refractivity contribution in [1.82, 2.24) is 0 Å². The molecule has 0 bridgehead atoms. The summed E-state index contributed by atoms with van der Waals surface area (Å²) >= 11 is 0. The Labute approximate surface area is 182 Å². The first-order valence-electron chi connectivity index (χ1n) is 9.45. The van der Waals surface area contributed by atoms with Crippen molar-refractivity contribution < 1.29 is 22.7 Å². The largest absolute Gasteiger partial charge is 0.497 e. The first-order chi connectivity index (χ1) is 14.8. The fourth-order valence-electron chi connectivity index (χ4n) is 3.03. The maximum atomic E-state index is 13.1. The van der Waals surface area contributed by atoms with Crippen molar-refractivity contribution in [1.29, 1.82) is 0 Å². The van der Waals surface area contributed by atoms with Gasteiger partial charge in [0, 0.05) is 24.4 Å². The second-order valence-corrected chi connectivity index (χ2v) is 8.80. The van der Waals surface area contributed by atoms with Crippen LogP contribution in [0.3, 0.4) is 0 Å². The molecule has 31 heavy (non-hydrogen) atoms. The van der Waals surface area contributed by atoms with Crippen LogP contribution in [0, 0.1) is 6.92 Å². The normalized spacial score (nSPS) is 11.0. The van der Waals surface area contributed by atoms with Crippen LogP contribution < -0.4 is 19.1 Å². The van der Waals surface area contributed by atoms with Gasteiger partial charge < -0.3 is 14.8 Å². The minimum atomic E-state index is -3.82. The van der Waals surface area contributed by atoms with E-state index in [0.717, 1.165) is 5.56 Å². The summed E-state index contributed by atoms with van der Waals surface area (Å²) in [5.41, 5.74) is 2.04. The van der Waals surface area contributed by atoms with Crippen molar-refractivity contribution in [3.05, 3.63) is 77.9 Å². The van der Waals surface area contributed by atoms with Crippen molar-refractivity contribution in [3.63, 3.8) is 0 Å². The van der Waals surface area contributed by atoms with Gasteiger partial charge in [0.25, 0.3) is 15.9 Å². The molecule has 8 heteroatoms. The van der Waals surface area contributed by atoms with Gasteiger partial charge in [-0.25, -0.2) is 8.42 Å².